The molecule has 6 nitrogen and oxygen atoms in total. The lowest BCUT2D eigenvalue weighted by molar-refractivity contribution is -0.800. The summed E-state index contributed by atoms with van der Waals surface area (Å²) in [6.07, 6.45) is -1.57. The van der Waals surface area contributed by atoms with Crippen molar-refractivity contribution < 1.29 is 22.2 Å². The lowest BCUT2D eigenvalue weighted by Gasteiger charge is -2.33. The van der Waals surface area contributed by atoms with Crippen molar-refractivity contribution in [1.29, 1.82) is 0 Å². The standard InChI is InChI=1S/C8H18N2O4S/c1-4-10(5-2,6-3)15(13,14)7-9-8(11)12/h9H,4-7H2,1-3H3. The number of sulfonamides is 1. The SMILES string of the molecule is CC[N+](CC)(CC)S(=O)(=O)CNC(=O)[O-]. The first-order valence-electron chi connectivity index (χ1n) is 4.89. The Hall–Kier alpha value is -0.820. The van der Waals surface area contributed by atoms with Crippen LogP contribution in [0.15, 0.2) is 0 Å². The summed E-state index contributed by atoms with van der Waals surface area (Å²) in [5.41, 5.74) is 0. The Labute approximate surface area is 90.5 Å². The molecule has 0 saturated carbocycles. The van der Waals surface area contributed by atoms with Gasteiger partial charge in [-0.3, -0.25) is 0 Å². The molecule has 0 aliphatic heterocycles. The van der Waals surface area contributed by atoms with Crippen LogP contribution in [0.3, 0.4) is 0 Å². The summed E-state index contributed by atoms with van der Waals surface area (Å²) in [5, 5.41) is 11.9. The summed E-state index contributed by atoms with van der Waals surface area (Å²) >= 11 is 0. The monoisotopic (exact) mass is 238 g/mol. The molecular weight excluding hydrogens is 220 g/mol. The second kappa shape index (κ2) is 5.32. The van der Waals surface area contributed by atoms with Crippen LogP contribution in [0.5, 0.6) is 0 Å². The van der Waals surface area contributed by atoms with Crippen LogP contribution in [0.4, 0.5) is 4.79 Å². The molecule has 0 aliphatic carbocycles. The molecule has 0 aromatic rings. The summed E-state index contributed by atoms with van der Waals surface area (Å²) in [7, 11) is -3.52. The average Bonchev–Trinajstić information content (AvgIpc) is 2.18. The van der Waals surface area contributed by atoms with Crippen LogP contribution >= 0.6 is 0 Å². The van der Waals surface area contributed by atoms with E-state index in [-0.39, 0.29) is 3.89 Å². The minimum atomic E-state index is -3.52. The Morgan fingerprint density at radius 3 is 1.87 bits per heavy atom. The summed E-state index contributed by atoms with van der Waals surface area (Å²) < 4.78 is 23.6. The second-order valence-electron chi connectivity index (χ2n) is 3.20. The fourth-order valence-electron chi connectivity index (χ4n) is 1.55. The van der Waals surface area contributed by atoms with Gasteiger partial charge in [0.1, 0.15) is 6.09 Å². The third kappa shape index (κ3) is 3.07. The van der Waals surface area contributed by atoms with Crippen molar-refractivity contribution in [3.05, 3.63) is 0 Å². The van der Waals surface area contributed by atoms with Gasteiger partial charge in [0.25, 0.3) is 0 Å². The summed E-state index contributed by atoms with van der Waals surface area (Å²) in [5.74, 6) is -0.592. The van der Waals surface area contributed by atoms with Crippen LogP contribution in [0.2, 0.25) is 0 Å². The highest BCUT2D eigenvalue weighted by Crippen LogP contribution is 2.14. The second-order valence-corrected chi connectivity index (χ2v) is 5.42. The van der Waals surface area contributed by atoms with Gasteiger partial charge in [-0.05, 0) is 20.8 Å². The van der Waals surface area contributed by atoms with E-state index in [1.165, 1.54) is 0 Å². The number of carbonyl (C=O) groups excluding carboxylic acids is 1. The van der Waals surface area contributed by atoms with Gasteiger partial charge < -0.3 is 15.2 Å². The predicted octanol–water partition coefficient (Wildman–Crippen LogP) is -0.917. The molecule has 1 N–H and O–H groups in total. The number of nitrogens with one attached hydrogen (secondary N) is 1. The summed E-state index contributed by atoms with van der Waals surface area (Å²) in [4.78, 5) is 10.1. The zero-order valence-electron chi connectivity index (χ0n) is 9.32. The zero-order chi connectivity index (χ0) is 12.1. The van der Waals surface area contributed by atoms with Gasteiger partial charge in [0.15, 0.2) is 5.88 Å². The molecule has 0 aliphatic rings. The molecule has 0 aromatic heterocycles. The van der Waals surface area contributed by atoms with Crippen molar-refractivity contribution in [3.63, 3.8) is 0 Å². The van der Waals surface area contributed by atoms with Gasteiger partial charge in [-0.2, -0.15) is 8.42 Å². The van der Waals surface area contributed by atoms with E-state index in [1.54, 1.807) is 26.1 Å². The van der Waals surface area contributed by atoms with Gasteiger partial charge >= 0.3 is 10.0 Å². The maximum Gasteiger partial charge on any atom is 0.315 e. The summed E-state index contributed by atoms with van der Waals surface area (Å²) in [6, 6.07) is 0. The normalized spacial score (nSPS) is 12.5. The first-order chi connectivity index (χ1) is 6.85. The number of nitrogens with zero attached hydrogens (tertiary/aromatic N) is 1. The van der Waals surface area contributed by atoms with Crippen molar-refractivity contribution in [2.75, 3.05) is 25.5 Å². The van der Waals surface area contributed by atoms with E-state index < -0.39 is 22.0 Å². The fourth-order valence-corrected chi connectivity index (χ4v) is 3.30. The number of hydrogen-bond acceptors (Lipinski definition) is 4. The lowest BCUT2D eigenvalue weighted by atomic mass is 10.5. The Bertz CT molecular complexity index is 300. The van der Waals surface area contributed by atoms with E-state index >= 15 is 0 Å². The van der Waals surface area contributed by atoms with Gasteiger partial charge in [0.05, 0.1) is 19.6 Å². The Morgan fingerprint density at radius 1 is 1.20 bits per heavy atom. The first-order valence-corrected chi connectivity index (χ1v) is 6.50. The van der Waals surface area contributed by atoms with Crippen molar-refractivity contribution >= 4 is 16.1 Å². The zero-order valence-corrected chi connectivity index (χ0v) is 10.1. The van der Waals surface area contributed by atoms with Crippen LogP contribution in [0, 0.1) is 0 Å². The third-order valence-corrected chi connectivity index (χ3v) is 5.18. The number of amides is 1. The Kier molecular flexibility index (Phi) is 5.02. The van der Waals surface area contributed by atoms with Gasteiger partial charge in [-0.15, -0.1) is 0 Å². The average molecular weight is 238 g/mol. The number of quaternary nitrogens is 1. The fraction of sp³-hybridized carbons (Fsp3) is 0.875. The van der Waals surface area contributed by atoms with Gasteiger partial charge in [-0.25, -0.2) is 3.89 Å². The molecule has 0 rings (SSSR count). The third-order valence-electron chi connectivity index (χ3n) is 2.72. The van der Waals surface area contributed by atoms with Gasteiger partial charge in [0.2, 0.25) is 0 Å². The predicted molar refractivity (Wildman–Crippen MR) is 54.2 cm³/mol. The number of carbonyl (C=O) groups is 1. The van der Waals surface area contributed by atoms with Crippen molar-refractivity contribution in [3.8, 4) is 0 Å². The van der Waals surface area contributed by atoms with Crippen LogP contribution < -0.4 is 10.4 Å². The Morgan fingerprint density at radius 2 is 1.60 bits per heavy atom. The molecule has 0 aromatic carbocycles. The van der Waals surface area contributed by atoms with E-state index in [1.807, 2.05) is 0 Å². The maximum absolute atomic E-state index is 11.9. The molecule has 0 unspecified atom stereocenters. The van der Waals surface area contributed by atoms with E-state index in [0.29, 0.717) is 19.6 Å². The Balaban J connectivity index is 4.88. The molecule has 1 amide bonds. The highest BCUT2D eigenvalue weighted by molar-refractivity contribution is 7.85. The quantitative estimate of drug-likeness (QED) is 0.606. The molecule has 0 atom stereocenters. The minimum Gasteiger partial charge on any atom is -0.530 e. The number of rotatable bonds is 6. The number of hydrogen-bond donors (Lipinski definition) is 1. The molecule has 7 heteroatoms. The molecule has 0 fully saturated rings. The molecule has 0 radical (unpaired) electrons. The van der Waals surface area contributed by atoms with Crippen LogP contribution in [0.25, 0.3) is 0 Å². The topological polar surface area (TPSA) is 86.3 Å². The smallest absolute Gasteiger partial charge is 0.315 e. The van der Waals surface area contributed by atoms with Crippen molar-refractivity contribution in [1.82, 2.24) is 5.32 Å². The van der Waals surface area contributed by atoms with Crippen LogP contribution in [-0.2, 0) is 10.0 Å². The van der Waals surface area contributed by atoms with E-state index in [9.17, 15) is 18.3 Å². The minimum absolute atomic E-state index is 0.118. The molecule has 0 heterocycles. The van der Waals surface area contributed by atoms with E-state index in [0.717, 1.165) is 0 Å². The molecular formula is C8H18N2O4S. The van der Waals surface area contributed by atoms with Gasteiger partial charge in [0, 0.05) is 0 Å². The molecule has 90 valence electrons. The lowest BCUT2D eigenvalue weighted by Crippen LogP contribution is -2.56. The molecule has 0 bridgehead atoms. The van der Waals surface area contributed by atoms with Crippen molar-refractivity contribution in [2.45, 2.75) is 20.8 Å². The highest BCUT2D eigenvalue weighted by atomic mass is 32.2. The molecule has 0 spiro atoms. The van der Waals surface area contributed by atoms with E-state index in [4.69, 9.17) is 0 Å². The van der Waals surface area contributed by atoms with E-state index in [2.05, 4.69) is 0 Å². The molecule has 0 saturated heterocycles. The molecule has 15 heavy (non-hydrogen) atoms. The van der Waals surface area contributed by atoms with Crippen LogP contribution in [0.1, 0.15) is 20.8 Å². The maximum atomic E-state index is 11.9. The van der Waals surface area contributed by atoms with Crippen molar-refractivity contribution in [2.24, 2.45) is 0 Å². The largest absolute Gasteiger partial charge is 0.530 e. The highest BCUT2D eigenvalue weighted by Gasteiger charge is 2.36. The first kappa shape index (κ1) is 14.2. The summed E-state index contributed by atoms with van der Waals surface area (Å²) in [6.45, 7) is 6.56. The van der Waals surface area contributed by atoms with Gasteiger partial charge in [-0.1, -0.05) is 0 Å². The van der Waals surface area contributed by atoms with Crippen LogP contribution in [-0.4, -0.2) is 43.9 Å². The number of carboxylic acid groups (broad SMARTS) is 1.